The first-order valence-corrected chi connectivity index (χ1v) is 7.85. The molecule has 0 spiro atoms. The minimum Gasteiger partial charge on any atom is -0.461 e. The second-order valence-electron chi connectivity index (χ2n) is 5.96. The summed E-state index contributed by atoms with van der Waals surface area (Å²) in [6.07, 6.45) is 2.33. The van der Waals surface area contributed by atoms with Crippen molar-refractivity contribution in [3.63, 3.8) is 0 Å². The maximum atomic E-state index is 6.11. The number of hydrogen-bond donors (Lipinski definition) is 0. The van der Waals surface area contributed by atoms with E-state index in [-0.39, 0.29) is 18.5 Å². The molecule has 2 aromatic rings. The third kappa shape index (κ3) is 2.53. The third-order valence-corrected chi connectivity index (χ3v) is 4.56. The van der Waals surface area contributed by atoms with Crippen molar-refractivity contribution in [3.8, 4) is 5.75 Å². The SMILES string of the molecule is COC[C@H]1O[C@H]2Oc3ccc4ccccc4c3CC2=C[C@H]1OC. The minimum absolute atomic E-state index is 0.110. The molecule has 3 atom stereocenters. The van der Waals surface area contributed by atoms with Gasteiger partial charge < -0.3 is 18.9 Å². The molecule has 0 aromatic heterocycles. The molecule has 0 saturated heterocycles. The first-order chi connectivity index (χ1) is 11.3. The van der Waals surface area contributed by atoms with Crippen LogP contribution in [-0.2, 0) is 20.6 Å². The lowest BCUT2D eigenvalue weighted by molar-refractivity contribution is -0.161. The molecule has 4 rings (SSSR count). The molecular formula is C19H20O4. The highest BCUT2D eigenvalue weighted by Gasteiger charge is 2.36. The second kappa shape index (κ2) is 5.96. The summed E-state index contributed by atoms with van der Waals surface area (Å²) in [7, 11) is 3.36. The number of fused-ring (bicyclic) bond motifs is 4. The van der Waals surface area contributed by atoms with Crippen molar-refractivity contribution in [2.75, 3.05) is 20.8 Å². The van der Waals surface area contributed by atoms with E-state index in [1.165, 1.54) is 16.3 Å². The van der Waals surface area contributed by atoms with Gasteiger partial charge in [0.25, 0.3) is 0 Å². The van der Waals surface area contributed by atoms with Crippen LogP contribution in [0.5, 0.6) is 5.75 Å². The Bertz CT molecular complexity index is 752. The van der Waals surface area contributed by atoms with Gasteiger partial charge in [0.1, 0.15) is 18.0 Å². The summed E-state index contributed by atoms with van der Waals surface area (Å²) in [6, 6.07) is 12.5. The Labute approximate surface area is 135 Å². The van der Waals surface area contributed by atoms with Crippen molar-refractivity contribution in [3.05, 3.63) is 53.6 Å². The van der Waals surface area contributed by atoms with Gasteiger partial charge in [-0.1, -0.05) is 30.3 Å². The number of methoxy groups -OCH3 is 2. The zero-order chi connectivity index (χ0) is 15.8. The Morgan fingerprint density at radius 1 is 1.13 bits per heavy atom. The second-order valence-corrected chi connectivity index (χ2v) is 5.96. The number of rotatable bonds is 3. The third-order valence-electron chi connectivity index (χ3n) is 4.56. The molecule has 4 nitrogen and oxygen atoms in total. The van der Waals surface area contributed by atoms with Gasteiger partial charge in [-0.05, 0) is 22.9 Å². The predicted octanol–water partition coefficient (Wildman–Crippen LogP) is 3.09. The maximum Gasteiger partial charge on any atom is 0.223 e. The highest BCUT2D eigenvalue weighted by atomic mass is 16.7. The average molecular weight is 312 g/mol. The summed E-state index contributed by atoms with van der Waals surface area (Å²) in [5.41, 5.74) is 2.34. The van der Waals surface area contributed by atoms with Gasteiger partial charge in [0.15, 0.2) is 0 Å². The van der Waals surface area contributed by atoms with Crippen molar-refractivity contribution in [1.29, 1.82) is 0 Å². The van der Waals surface area contributed by atoms with Gasteiger partial charge in [-0.15, -0.1) is 0 Å². The van der Waals surface area contributed by atoms with Crippen LogP contribution in [0.15, 0.2) is 48.0 Å². The van der Waals surface area contributed by atoms with Crippen LogP contribution < -0.4 is 4.74 Å². The summed E-state index contributed by atoms with van der Waals surface area (Å²) in [5.74, 6) is 0.901. The van der Waals surface area contributed by atoms with Crippen LogP contribution in [0.1, 0.15) is 5.56 Å². The van der Waals surface area contributed by atoms with Crippen molar-refractivity contribution in [1.82, 2.24) is 0 Å². The molecule has 2 heterocycles. The highest BCUT2D eigenvalue weighted by molar-refractivity contribution is 5.88. The zero-order valence-electron chi connectivity index (χ0n) is 13.3. The van der Waals surface area contributed by atoms with Crippen LogP contribution in [0.4, 0.5) is 0 Å². The van der Waals surface area contributed by atoms with Gasteiger partial charge >= 0.3 is 0 Å². The molecule has 0 aliphatic carbocycles. The Morgan fingerprint density at radius 3 is 2.83 bits per heavy atom. The molecule has 23 heavy (non-hydrogen) atoms. The summed E-state index contributed by atoms with van der Waals surface area (Å²) in [4.78, 5) is 0. The van der Waals surface area contributed by atoms with Gasteiger partial charge in [0, 0.05) is 31.8 Å². The fourth-order valence-electron chi connectivity index (χ4n) is 3.41. The topological polar surface area (TPSA) is 36.9 Å². The van der Waals surface area contributed by atoms with E-state index in [0.29, 0.717) is 6.61 Å². The van der Waals surface area contributed by atoms with Crippen LogP contribution in [0, 0.1) is 0 Å². The smallest absolute Gasteiger partial charge is 0.223 e. The molecule has 0 bridgehead atoms. The molecule has 0 radical (unpaired) electrons. The number of benzene rings is 2. The van der Waals surface area contributed by atoms with Crippen LogP contribution >= 0.6 is 0 Å². The lowest BCUT2D eigenvalue weighted by Crippen LogP contribution is -2.45. The van der Waals surface area contributed by atoms with E-state index in [9.17, 15) is 0 Å². The Balaban J connectivity index is 1.73. The molecule has 4 heteroatoms. The van der Waals surface area contributed by atoms with Gasteiger partial charge in [-0.25, -0.2) is 0 Å². The van der Waals surface area contributed by atoms with Gasteiger partial charge in [-0.2, -0.15) is 0 Å². The van der Waals surface area contributed by atoms with Gasteiger partial charge in [-0.3, -0.25) is 0 Å². The average Bonchev–Trinajstić information content (AvgIpc) is 2.59. The lowest BCUT2D eigenvalue weighted by Gasteiger charge is -2.38. The molecule has 0 saturated carbocycles. The molecular weight excluding hydrogens is 292 g/mol. The fraction of sp³-hybridized carbons (Fsp3) is 0.368. The minimum atomic E-state index is -0.352. The van der Waals surface area contributed by atoms with E-state index in [4.69, 9.17) is 18.9 Å². The molecule has 0 unspecified atom stereocenters. The van der Waals surface area contributed by atoms with E-state index in [1.807, 2.05) is 6.07 Å². The van der Waals surface area contributed by atoms with E-state index < -0.39 is 0 Å². The summed E-state index contributed by atoms with van der Waals surface area (Å²) in [6.45, 7) is 0.479. The van der Waals surface area contributed by atoms with Crippen LogP contribution in [0.2, 0.25) is 0 Å². The maximum absolute atomic E-state index is 6.11. The van der Waals surface area contributed by atoms with Crippen LogP contribution in [0.25, 0.3) is 10.8 Å². The first kappa shape index (κ1) is 14.7. The van der Waals surface area contributed by atoms with E-state index in [0.717, 1.165) is 17.7 Å². The number of ether oxygens (including phenoxy) is 4. The summed E-state index contributed by atoms with van der Waals surface area (Å²) in [5, 5.41) is 2.46. The van der Waals surface area contributed by atoms with Crippen LogP contribution in [-0.4, -0.2) is 39.3 Å². The van der Waals surface area contributed by atoms with Crippen molar-refractivity contribution >= 4 is 10.8 Å². The first-order valence-electron chi connectivity index (χ1n) is 7.85. The zero-order valence-corrected chi connectivity index (χ0v) is 13.3. The van der Waals surface area contributed by atoms with Crippen molar-refractivity contribution in [2.24, 2.45) is 0 Å². The Morgan fingerprint density at radius 2 is 2.00 bits per heavy atom. The van der Waals surface area contributed by atoms with E-state index in [2.05, 4.69) is 36.4 Å². The largest absolute Gasteiger partial charge is 0.461 e. The van der Waals surface area contributed by atoms with E-state index in [1.54, 1.807) is 14.2 Å². The fourth-order valence-corrected chi connectivity index (χ4v) is 3.41. The summed E-state index contributed by atoms with van der Waals surface area (Å²) >= 11 is 0. The monoisotopic (exact) mass is 312 g/mol. The Kier molecular flexibility index (Phi) is 3.81. The Hall–Kier alpha value is -1.88. The molecule has 2 aliphatic heterocycles. The predicted molar refractivity (Wildman–Crippen MR) is 87.7 cm³/mol. The molecule has 2 aliphatic rings. The molecule has 0 amide bonds. The molecule has 2 aromatic carbocycles. The normalized spacial score (nSPS) is 26.2. The van der Waals surface area contributed by atoms with Crippen LogP contribution in [0.3, 0.4) is 0 Å². The van der Waals surface area contributed by atoms with Gasteiger partial charge in [0.05, 0.1) is 6.61 Å². The van der Waals surface area contributed by atoms with E-state index >= 15 is 0 Å². The van der Waals surface area contributed by atoms with Crippen molar-refractivity contribution < 1.29 is 18.9 Å². The molecule has 0 fully saturated rings. The van der Waals surface area contributed by atoms with Gasteiger partial charge in [0.2, 0.25) is 6.29 Å². The lowest BCUT2D eigenvalue weighted by atomic mass is 9.92. The molecule has 120 valence electrons. The quantitative estimate of drug-likeness (QED) is 0.816. The number of hydrogen-bond acceptors (Lipinski definition) is 4. The molecule has 0 N–H and O–H groups in total. The summed E-state index contributed by atoms with van der Waals surface area (Å²) < 4.78 is 22.9. The standard InChI is InChI=1S/C19H20O4/c1-20-11-18-17(21-2)10-13-9-15-14-6-4-3-5-12(14)7-8-16(15)22-19(13)23-18/h3-8,10,17-19H,9,11H2,1-2H3/t17-,18-,19-/m1/s1. The van der Waals surface area contributed by atoms with Crippen molar-refractivity contribution in [2.45, 2.75) is 24.9 Å². The highest BCUT2D eigenvalue weighted by Crippen LogP contribution is 2.38.